The van der Waals surface area contributed by atoms with Crippen LogP contribution in [-0.4, -0.2) is 39.2 Å². The zero-order valence-electron chi connectivity index (χ0n) is 19.3. The Hall–Kier alpha value is -3.12. The number of aromatic nitrogens is 2. The molecule has 3 aromatic rings. The molecule has 1 aliphatic rings. The summed E-state index contributed by atoms with van der Waals surface area (Å²) in [6, 6.07) is 16.8. The Morgan fingerprint density at radius 3 is 2.28 bits per heavy atom. The van der Waals surface area contributed by atoms with E-state index < -0.39 is 5.97 Å². The van der Waals surface area contributed by atoms with Crippen LogP contribution in [0, 0.1) is 0 Å². The molecule has 2 aromatic carbocycles. The summed E-state index contributed by atoms with van der Waals surface area (Å²) < 4.78 is 13.8. The van der Waals surface area contributed by atoms with E-state index in [1.807, 2.05) is 41.1 Å². The quantitative estimate of drug-likeness (QED) is 0.558. The monoisotopic (exact) mass is 434 g/mol. The molecule has 1 aromatic heterocycles. The van der Waals surface area contributed by atoms with E-state index in [1.165, 1.54) is 0 Å². The van der Waals surface area contributed by atoms with E-state index in [0.29, 0.717) is 0 Å². The molecule has 6 heteroatoms. The van der Waals surface area contributed by atoms with Gasteiger partial charge in [0.2, 0.25) is 0 Å². The molecule has 0 saturated carbocycles. The van der Waals surface area contributed by atoms with Crippen LogP contribution in [0.25, 0.3) is 16.9 Å². The van der Waals surface area contributed by atoms with Crippen molar-refractivity contribution in [1.29, 1.82) is 0 Å². The highest BCUT2D eigenvalue weighted by Crippen LogP contribution is 2.44. The fraction of sp³-hybridized carbons (Fsp3) is 0.385. The number of hydrogen-bond acceptors (Lipinski definition) is 4. The molecule has 1 fully saturated rings. The third-order valence-corrected chi connectivity index (χ3v) is 5.92. The van der Waals surface area contributed by atoms with Crippen molar-refractivity contribution in [2.24, 2.45) is 0 Å². The Labute approximate surface area is 188 Å². The van der Waals surface area contributed by atoms with Crippen LogP contribution in [0.4, 0.5) is 0 Å². The number of carboxylic acids is 1. The molecular formula is C26H30N2O4. The fourth-order valence-corrected chi connectivity index (χ4v) is 4.88. The second-order valence-corrected chi connectivity index (χ2v) is 9.65. The lowest BCUT2D eigenvalue weighted by Gasteiger charge is -2.45. The van der Waals surface area contributed by atoms with Gasteiger partial charge in [0.1, 0.15) is 11.4 Å². The first kappa shape index (κ1) is 22.1. The van der Waals surface area contributed by atoms with Crippen LogP contribution >= 0.6 is 0 Å². The van der Waals surface area contributed by atoms with Gasteiger partial charge in [-0.1, -0.05) is 24.3 Å². The molecule has 2 heterocycles. The van der Waals surface area contributed by atoms with Gasteiger partial charge in [-0.2, -0.15) is 5.10 Å². The van der Waals surface area contributed by atoms with Crippen LogP contribution in [0.3, 0.4) is 0 Å². The molecule has 0 spiro atoms. The minimum Gasteiger partial charge on any atom is -0.494 e. The van der Waals surface area contributed by atoms with Gasteiger partial charge in [-0.15, -0.1) is 0 Å². The summed E-state index contributed by atoms with van der Waals surface area (Å²) in [5.74, 6) is 0.0158. The SMILES string of the molecule is COc1ccccc1-n1nc(C2CC(C)(C)OC(C)(C)C2)cc1-c1ccc(C(=O)O)cc1. The number of carboxylic acid groups (broad SMARTS) is 1. The topological polar surface area (TPSA) is 73.6 Å². The van der Waals surface area contributed by atoms with Crippen molar-refractivity contribution in [3.8, 4) is 22.7 Å². The molecule has 0 bridgehead atoms. The number of methoxy groups -OCH3 is 1. The third kappa shape index (κ3) is 4.41. The number of nitrogens with zero attached hydrogens (tertiary/aromatic N) is 2. The van der Waals surface area contributed by atoms with Crippen molar-refractivity contribution < 1.29 is 19.4 Å². The predicted molar refractivity (Wildman–Crippen MR) is 124 cm³/mol. The lowest BCUT2D eigenvalue weighted by atomic mass is 9.79. The van der Waals surface area contributed by atoms with Gasteiger partial charge in [0.15, 0.2) is 0 Å². The van der Waals surface area contributed by atoms with Gasteiger partial charge in [-0.25, -0.2) is 9.48 Å². The first-order chi connectivity index (χ1) is 15.1. The Kier molecular flexibility index (Phi) is 5.59. The third-order valence-electron chi connectivity index (χ3n) is 5.92. The highest BCUT2D eigenvalue weighted by molar-refractivity contribution is 5.88. The summed E-state index contributed by atoms with van der Waals surface area (Å²) in [5.41, 5.74) is 3.38. The maximum absolute atomic E-state index is 11.3. The van der Waals surface area contributed by atoms with Crippen LogP contribution in [-0.2, 0) is 4.74 Å². The van der Waals surface area contributed by atoms with E-state index in [0.717, 1.165) is 41.2 Å². The molecule has 0 radical (unpaired) electrons. The lowest BCUT2D eigenvalue weighted by Crippen LogP contribution is -2.44. The van der Waals surface area contributed by atoms with Crippen LogP contribution in [0.5, 0.6) is 5.75 Å². The van der Waals surface area contributed by atoms with Gasteiger partial charge in [-0.3, -0.25) is 0 Å². The van der Waals surface area contributed by atoms with Gasteiger partial charge in [-0.05, 0) is 70.9 Å². The summed E-state index contributed by atoms with van der Waals surface area (Å²) in [5, 5.41) is 14.3. The first-order valence-corrected chi connectivity index (χ1v) is 10.9. The molecule has 0 aliphatic carbocycles. The molecule has 0 unspecified atom stereocenters. The molecule has 6 nitrogen and oxygen atoms in total. The summed E-state index contributed by atoms with van der Waals surface area (Å²) in [4.78, 5) is 11.3. The van der Waals surface area contributed by atoms with E-state index in [4.69, 9.17) is 14.6 Å². The molecule has 168 valence electrons. The van der Waals surface area contributed by atoms with Crippen molar-refractivity contribution in [3.63, 3.8) is 0 Å². The molecule has 0 atom stereocenters. The van der Waals surface area contributed by atoms with Crippen molar-refractivity contribution >= 4 is 5.97 Å². The average Bonchev–Trinajstić information content (AvgIpc) is 3.17. The van der Waals surface area contributed by atoms with Crippen LogP contribution < -0.4 is 4.74 Å². The molecule has 1 N–H and O–H groups in total. The largest absolute Gasteiger partial charge is 0.494 e. The number of carbonyl (C=O) groups is 1. The normalized spacial score (nSPS) is 17.8. The van der Waals surface area contributed by atoms with Gasteiger partial charge in [0.05, 0.1) is 35.3 Å². The Morgan fingerprint density at radius 2 is 1.69 bits per heavy atom. The van der Waals surface area contributed by atoms with Gasteiger partial charge < -0.3 is 14.6 Å². The Bertz CT molecular complexity index is 1110. The highest BCUT2D eigenvalue weighted by atomic mass is 16.5. The molecule has 0 amide bonds. The highest BCUT2D eigenvalue weighted by Gasteiger charge is 2.41. The van der Waals surface area contributed by atoms with Gasteiger partial charge in [0, 0.05) is 11.5 Å². The summed E-state index contributed by atoms with van der Waals surface area (Å²) in [6.07, 6.45) is 1.74. The smallest absolute Gasteiger partial charge is 0.335 e. The summed E-state index contributed by atoms with van der Waals surface area (Å²) >= 11 is 0. The average molecular weight is 435 g/mol. The number of para-hydroxylation sites is 2. The number of benzene rings is 2. The molecule has 1 saturated heterocycles. The zero-order chi connectivity index (χ0) is 23.1. The van der Waals surface area contributed by atoms with Crippen LogP contribution in [0.1, 0.15) is 62.5 Å². The van der Waals surface area contributed by atoms with Gasteiger partial charge in [0.25, 0.3) is 0 Å². The molecule has 1 aliphatic heterocycles. The van der Waals surface area contributed by atoms with E-state index in [9.17, 15) is 9.90 Å². The zero-order valence-corrected chi connectivity index (χ0v) is 19.3. The van der Waals surface area contributed by atoms with Crippen LogP contribution in [0.15, 0.2) is 54.6 Å². The van der Waals surface area contributed by atoms with E-state index in [2.05, 4.69) is 33.8 Å². The second-order valence-electron chi connectivity index (χ2n) is 9.65. The van der Waals surface area contributed by atoms with Crippen LogP contribution in [0.2, 0.25) is 0 Å². The van der Waals surface area contributed by atoms with E-state index in [1.54, 1.807) is 19.2 Å². The predicted octanol–water partition coefficient (Wildman–Crippen LogP) is 5.70. The number of aromatic carboxylic acids is 1. The van der Waals surface area contributed by atoms with Crippen molar-refractivity contribution in [3.05, 3.63) is 65.9 Å². The molecular weight excluding hydrogens is 404 g/mol. The maximum Gasteiger partial charge on any atom is 0.335 e. The van der Waals surface area contributed by atoms with E-state index >= 15 is 0 Å². The molecule has 32 heavy (non-hydrogen) atoms. The summed E-state index contributed by atoms with van der Waals surface area (Å²) in [6.45, 7) is 8.51. The molecule has 4 rings (SSSR count). The number of hydrogen-bond donors (Lipinski definition) is 1. The summed E-state index contributed by atoms with van der Waals surface area (Å²) in [7, 11) is 1.65. The van der Waals surface area contributed by atoms with Gasteiger partial charge >= 0.3 is 5.97 Å². The second kappa shape index (κ2) is 8.10. The van der Waals surface area contributed by atoms with Crippen molar-refractivity contribution in [1.82, 2.24) is 9.78 Å². The minimum atomic E-state index is -0.942. The van der Waals surface area contributed by atoms with Crippen molar-refractivity contribution in [2.75, 3.05) is 7.11 Å². The standard InChI is InChI=1S/C26H30N2O4/c1-25(2)15-19(16-26(3,4)32-25)20-14-22(17-10-12-18(13-11-17)24(29)30)28(27-20)21-8-6-7-9-23(21)31-5/h6-14,19H,15-16H2,1-5H3,(H,29,30). The fourth-order valence-electron chi connectivity index (χ4n) is 4.88. The first-order valence-electron chi connectivity index (χ1n) is 10.9. The number of ether oxygens (including phenoxy) is 2. The van der Waals surface area contributed by atoms with Crippen molar-refractivity contribution in [2.45, 2.75) is 57.7 Å². The number of rotatable bonds is 5. The maximum atomic E-state index is 11.3. The van der Waals surface area contributed by atoms with E-state index in [-0.39, 0.29) is 22.7 Å². The Balaban J connectivity index is 1.84. The lowest BCUT2D eigenvalue weighted by molar-refractivity contribution is -0.162. The minimum absolute atomic E-state index is 0.238. The Morgan fingerprint density at radius 1 is 1.06 bits per heavy atom.